The van der Waals surface area contributed by atoms with Crippen LogP contribution in [0.5, 0.6) is 0 Å². The van der Waals surface area contributed by atoms with Gasteiger partial charge in [0.2, 0.25) is 5.91 Å². The lowest BCUT2D eigenvalue weighted by Crippen LogP contribution is -2.44. The summed E-state index contributed by atoms with van der Waals surface area (Å²) in [5.74, 6) is -1.19. The van der Waals surface area contributed by atoms with Gasteiger partial charge in [0.05, 0.1) is 11.3 Å². The number of nitro benzene ring substituents is 1. The first kappa shape index (κ1) is 18.1. The highest BCUT2D eigenvalue weighted by molar-refractivity contribution is 9.10. The molecule has 0 radical (unpaired) electrons. The van der Waals surface area contributed by atoms with Crippen LogP contribution < -0.4 is 5.32 Å². The average molecular weight is 373 g/mol. The van der Waals surface area contributed by atoms with E-state index in [1.807, 2.05) is 0 Å². The minimum atomic E-state index is -0.916. The summed E-state index contributed by atoms with van der Waals surface area (Å²) < 4.78 is 0.486. The first-order valence-corrected chi connectivity index (χ1v) is 7.35. The molecule has 0 aliphatic heterocycles. The average Bonchev–Trinajstić information content (AvgIpc) is 2.38. The van der Waals surface area contributed by atoms with E-state index in [0.717, 1.165) is 0 Å². The summed E-state index contributed by atoms with van der Waals surface area (Å²) >= 11 is 3.21. The minimum Gasteiger partial charge on any atom is -0.481 e. The number of amides is 1. The number of rotatable bonds is 7. The molecule has 0 spiro atoms. The zero-order chi connectivity index (χ0) is 16.9. The van der Waals surface area contributed by atoms with Gasteiger partial charge in [-0.3, -0.25) is 19.7 Å². The van der Waals surface area contributed by atoms with Crippen LogP contribution in [0.15, 0.2) is 22.7 Å². The van der Waals surface area contributed by atoms with Crippen molar-refractivity contribution in [2.24, 2.45) is 0 Å². The Hall–Kier alpha value is -1.96. The third kappa shape index (κ3) is 5.80. The Morgan fingerprint density at radius 1 is 1.41 bits per heavy atom. The molecule has 1 aromatic carbocycles. The summed E-state index contributed by atoms with van der Waals surface area (Å²) in [4.78, 5) is 32.8. The molecule has 0 bridgehead atoms. The number of halogens is 1. The lowest BCUT2D eigenvalue weighted by molar-refractivity contribution is -0.384. The number of aliphatic carboxylic acids is 1. The predicted molar refractivity (Wildman–Crippen MR) is 83.6 cm³/mol. The molecule has 8 heteroatoms. The van der Waals surface area contributed by atoms with E-state index in [4.69, 9.17) is 5.11 Å². The van der Waals surface area contributed by atoms with E-state index in [0.29, 0.717) is 16.5 Å². The number of carbonyl (C=O) groups excluding carboxylic acids is 1. The Kier molecular flexibility index (Phi) is 6.04. The summed E-state index contributed by atoms with van der Waals surface area (Å²) in [6, 6.07) is 4.20. The van der Waals surface area contributed by atoms with Gasteiger partial charge >= 0.3 is 5.97 Å². The molecule has 0 aromatic heterocycles. The van der Waals surface area contributed by atoms with Crippen LogP contribution in [0.1, 0.15) is 32.3 Å². The quantitative estimate of drug-likeness (QED) is 0.564. The molecule has 0 aliphatic rings. The topological polar surface area (TPSA) is 110 Å². The van der Waals surface area contributed by atoms with Crippen LogP contribution in [-0.4, -0.2) is 27.4 Å². The second-order valence-corrected chi connectivity index (χ2v) is 6.39. The largest absolute Gasteiger partial charge is 0.481 e. The van der Waals surface area contributed by atoms with Crippen molar-refractivity contribution in [3.05, 3.63) is 38.3 Å². The third-order valence-electron chi connectivity index (χ3n) is 3.04. The molecule has 0 atom stereocenters. The number of non-ortho nitro benzene ring substituents is 1. The first-order valence-electron chi connectivity index (χ1n) is 6.56. The van der Waals surface area contributed by atoms with Gasteiger partial charge in [-0.1, -0.05) is 22.0 Å². The van der Waals surface area contributed by atoms with Gasteiger partial charge in [-0.25, -0.2) is 0 Å². The van der Waals surface area contributed by atoms with Crippen molar-refractivity contribution in [2.75, 3.05) is 0 Å². The van der Waals surface area contributed by atoms with Gasteiger partial charge < -0.3 is 10.4 Å². The smallest absolute Gasteiger partial charge is 0.303 e. The van der Waals surface area contributed by atoms with E-state index in [1.54, 1.807) is 13.8 Å². The normalized spacial score (nSPS) is 11.0. The Labute approximate surface area is 136 Å². The van der Waals surface area contributed by atoms with Gasteiger partial charge in [0, 0.05) is 28.6 Å². The monoisotopic (exact) mass is 372 g/mol. The molecule has 1 amide bonds. The van der Waals surface area contributed by atoms with Crippen molar-refractivity contribution in [2.45, 2.75) is 38.6 Å². The predicted octanol–water partition coefficient (Wildman–Crippen LogP) is 2.66. The van der Waals surface area contributed by atoms with Crippen molar-refractivity contribution in [3.8, 4) is 0 Å². The number of hydrogen-bond donors (Lipinski definition) is 2. The van der Waals surface area contributed by atoms with E-state index in [1.165, 1.54) is 18.2 Å². The number of carboxylic acids is 1. The number of carbonyl (C=O) groups is 2. The van der Waals surface area contributed by atoms with E-state index >= 15 is 0 Å². The SMILES string of the molecule is CC(C)(CCC(=O)O)NC(=O)Cc1ccc([N+](=O)[O-])cc1Br. The molecular formula is C14H17BrN2O5. The second kappa shape index (κ2) is 7.35. The molecule has 0 saturated carbocycles. The standard InChI is InChI=1S/C14H17BrN2O5/c1-14(2,6-5-13(19)20)16-12(18)7-9-3-4-10(17(21)22)8-11(9)15/h3-4,8H,5-7H2,1-2H3,(H,16,18)(H,19,20). The number of hydrogen-bond acceptors (Lipinski definition) is 4. The Morgan fingerprint density at radius 3 is 2.55 bits per heavy atom. The van der Waals surface area contributed by atoms with Crippen molar-refractivity contribution >= 4 is 33.5 Å². The summed E-state index contributed by atoms with van der Waals surface area (Å²) in [6.45, 7) is 3.50. The van der Waals surface area contributed by atoms with Crippen molar-refractivity contribution < 1.29 is 19.6 Å². The maximum Gasteiger partial charge on any atom is 0.303 e. The summed E-state index contributed by atoms with van der Waals surface area (Å²) in [6.07, 6.45) is 0.332. The summed E-state index contributed by atoms with van der Waals surface area (Å²) in [5.41, 5.74) is -0.0714. The van der Waals surface area contributed by atoms with Crippen molar-refractivity contribution in [1.29, 1.82) is 0 Å². The van der Waals surface area contributed by atoms with Gasteiger partial charge in [0.15, 0.2) is 0 Å². The van der Waals surface area contributed by atoms with Crippen molar-refractivity contribution in [3.63, 3.8) is 0 Å². The molecule has 22 heavy (non-hydrogen) atoms. The van der Waals surface area contributed by atoms with Gasteiger partial charge in [0.1, 0.15) is 0 Å². The molecule has 0 aliphatic carbocycles. The fourth-order valence-electron chi connectivity index (χ4n) is 1.87. The molecule has 2 N–H and O–H groups in total. The molecule has 0 unspecified atom stereocenters. The zero-order valence-electron chi connectivity index (χ0n) is 12.3. The number of benzene rings is 1. The molecule has 0 saturated heterocycles. The zero-order valence-corrected chi connectivity index (χ0v) is 13.8. The van der Waals surface area contributed by atoms with Gasteiger partial charge in [-0.05, 0) is 25.8 Å². The van der Waals surface area contributed by atoms with Crippen LogP contribution in [0.2, 0.25) is 0 Å². The molecule has 120 valence electrons. The fourth-order valence-corrected chi connectivity index (χ4v) is 2.38. The van der Waals surface area contributed by atoms with Crippen LogP contribution >= 0.6 is 15.9 Å². The highest BCUT2D eigenvalue weighted by Gasteiger charge is 2.22. The highest BCUT2D eigenvalue weighted by Crippen LogP contribution is 2.23. The van der Waals surface area contributed by atoms with Crippen LogP contribution in [-0.2, 0) is 16.0 Å². The van der Waals surface area contributed by atoms with E-state index in [-0.39, 0.29) is 24.4 Å². The van der Waals surface area contributed by atoms with Gasteiger partial charge in [-0.15, -0.1) is 0 Å². The van der Waals surface area contributed by atoms with Crippen LogP contribution in [0.3, 0.4) is 0 Å². The molecular weight excluding hydrogens is 356 g/mol. The maximum atomic E-state index is 12.0. The Bertz CT molecular complexity index is 601. The van der Waals surface area contributed by atoms with Crippen LogP contribution in [0.25, 0.3) is 0 Å². The number of nitrogens with one attached hydrogen (secondary N) is 1. The van der Waals surface area contributed by atoms with Crippen molar-refractivity contribution in [1.82, 2.24) is 5.32 Å². The molecule has 1 rings (SSSR count). The van der Waals surface area contributed by atoms with E-state index < -0.39 is 16.4 Å². The second-order valence-electron chi connectivity index (χ2n) is 5.54. The van der Waals surface area contributed by atoms with Crippen LogP contribution in [0.4, 0.5) is 5.69 Å². The molecule has 1 aromatic rings. The number of nitro groups is 1. The Morgan fingerprint density at radius 2 is 2.05 bits per heavy atom. The highest BCUT2D eigenvalue weighted by atomic mass is 79.9. The van der Waals surface area contributed by atoms with E-state index in [9.17, 15) is 19.7 Å². The van der Waals surface area contributed by atoms with Crippen LogP contribution in [0, 0.1) is 10.1 Å². The molecule has 0 heterocycles. The third-order valence-corrected chi connectivity index (χ3v) is 3.78. The maximum absolute atomic E-state index is 12.0. The van der Waals surface area contributed by atoms with E-state index in [2.05, 4.69) is 21.2 Å². The molecule has 0 fully saturated rings. The fraction of sp³-hybridized carbons (Fsp3) is 0.429. The first-order chi connectivity index (χ1) is 10.1. The van der Waals surface area contributed by atoms with Gasteiger partial charge in [0.25, 0.3) is 5.69 Å². The summed E-state index contributed by atoms with van der Waals surface area (Å²) in [7, 11) is 0. The molecule has 7 nitrogen and oxygen atoms in total. The number of carboxylic acid groups (broad SMARTS) is 1. The number of nitrogens with zero attached hydrogens (tertiary/aromatic N) is 1. The van der Waals surface area contributed by atoms with Gasteiger partial charge in [-0.2, -0.15) is 0 Å². The Balaban J connectivity index is 2.69. The lowest BCUT2D eigenvalue weighted by atomic mass is 9.98. The summed E-state index contributed by atoms with van der Waals surface area (Å²) in [5, 5.41) is 22.1. The lowest BCUT2D eigenvalue weighted by Gasteiger charge is -2.25. The minimum absolute atomic E-state index is 0.0332.